The number of aliphatic hydroxyl groups is 1. The van der Waals surface area contributed by atoms with Crippen LogP contribution in [0.1, 0.15) is 84.5 Å². The molecule has 3 saturated carbocycles. The van der Waals surface area contributed by atoms with E-state index in [1.807, 2.05) is 0 Å². The normalized spacial score (nSPS) is 47.5. The van der Waals surface area contributed by atoms with Crippen LogP contribution in [0.3, 0.4) is 0 Å². The summed E-state index contributed by atoms with van der Waals surface area (Å²) in [6.07, 6.45) is 14.2. The number of rotatable bonds is 4. The van der Waals surface area contributed by atoms with E-state index in [-0.39, 0.29) is 6.10 Å². The molecule has 3 fully saturated rings. The average molecular weight is 361 g/mol. The molecule has 0 saturated heterocycles. The van der Waals surface area contributed by atoms with E-state index < -0.39 is 5.97 Å². The lowest BCUT2D eigenvalue weighted by Crippen LogP contribution is -2.50. The fraction of sp³-hybridized carbons (Fsp3) is 0.870. The summed E-state index contributed by atoms with van der Waals surface area (Å²) >= 11 is 0. The van der Waals surface area contributed by atoms with E-state index in [2.05, 4.69) is 19.9 Å². The van der Waals surface area contributed by atoms with Crippen molar-refractivity contribution in [3.63, 3.8) is 0 Å². The lowest BCUT2D eigenvalue weighted by molar-refractivity contribution is -0.137. The predicted molar refractivity (Wildman–Crippen MR) is 103 cm³/mol. The first-order valence-electron chi connectivity index (χ1n) is 10.9. The largest absolute Gasteiger partial charge is 0.481 e. The molecule has 4 aliphatic rings. The molecule has 2 N–H and O–H groups in total. The van der Waals surface area contributed by atoms with Crippen LogP contribution in [0.4, 0.5) is 0 Å². The van der Waals surface area contributed by atoms with Gasteiger partial charge in [0.25, 0.3) is 0 Å². The highest BCUT2D eigenvalue weighted by molar-refractivity contribution is 5.66. The third-order valence-corrected chi connectivity index (χ3v) is 9.22. The van der Waals surface area contributed by atoms with Crippen molar-refractivity contribution in [2.24, 2.45) is 34.5 Å². The number of carboxylic acid groups (broad SMARTS) is 1. The predicted octanol–water partition coefficient (Wildman–Crippen LogP) is 5.18. The van der Waals surface area contributed by atoms with E-state index in [4.69, 9.17) is 5.11 Å². The molecule has 26 heavy (non-hydrogen) atoms. The first-order chi connectivity index (χ1) is 12.3. The molecule has 4 aliphatic carbocycles. The van der Waals surface area contributed by atoms with Gasteiger partial charge in [0.2, 0.25) is 0 Å². The molecule has 0 heterocycles. The molecule has 3 heteroatoms. The van der Waals surface area contributed by atoms with Gasteiger partial charge in [-0.3, -0.25) is 4.79 Å². The molecule has 0 spiro atoms. The standard InChI is InChI=1S/C23H36O3/c1-22-13-11-20-18(8-6-16-14-17(24)10-12-23(16,20)2)19(22)9-7-15(22)4-3-5-21(25)26/h6,15,17-20,24H,3-5,7-14H2,1-2H3,(H,25,26)/t15-,17-,18-,19-,20-,22+,23-/m0/s1. The molecule has 0 aliphatic heterocycles. The minimum atomic E-state index is -0.647. The molecule has 3 nitrogen and oxygen atoms in total. The fourth-order valence-electron chi connectivity index (χ4n) is 7.72. The van der Waals surface area contributed by atoms with Crippen LogP contribution >= 0.6 is 0 Å². The number of carbonyl (C=O) groups is 1. The van der Waals surface area contributed by atoms with Gasteiger partial charge in [-0.05, 0) is 98.7 Å². The van der Waals surface area contributed by atoms with Gasteiger partial charge in [-0.1, -0.05) is 25.5 Å². The van der Waals surface area contributed by atoms with Gasteiger partial charge in [-0.25, -0.2) is 0 Å². The molecule has 146 valence electrons. The zero-order chi connectivity index (χ0) is 18.5. The van der Waals surface area contributed by atoms with Crippen LogP contribution in [-0.4, -0.2) is 22.3 Å². The van der Waals surface area contributed by atoms with Crippen molar-refractivity contribution in [3.8, 4) is 0 Å². The topological polar surface area (TPSA) is 57.5 Å². The second-order valence-electron chi connectivity index (χ2n) is 10.3. The molecule has 0 aromatic heterocycles. The molecule has 0 bridgehead atoms. The smallest absolute Gasteiger partial charge is 0.303 e. The summed E-state index contributed by atoms with van der Waals surface area (Å²) in [7, 11) is 0. The van der Waals surface area contributed by atoms with Crippen LogP contribution in [0.5, 0.6) is 0 Å². The van der Waals surface area contributed by atoms with Gasteiger partial charge in [0.05, 0.1) is 6.10 Å². The van der Waals surface area contributed by atoms with Crippen LogP contribution < -0.4 is 0 Å². The molecule has 0 aromatic rings. The molecule has 0 amide bonds. The van der Waals surface area contributed by atoms with Gasteiger partial charge in [0, 0.05) is 6.42 Å². The van der Waals surface area contributed by atoms with Crippen molar-refractivity contribution in [2.75, 3.05) is 0 Å². The Hall–Kier alpha value is -0.830. The number of hydrogen-bond acceptors (Lipinski definition) is 2. The summed E-state index contributed by atoms with van der Waals surface area (Å²) in [4.78, 5) is 10.9. The van der Waals surface area contributed by atoms with Crippen molar-refractivity contribution in [1.29, 1.82) is 0 Å². The van der Waals surface area contributed by atoms with E-state index in [1.165, 1.54) is 32.1 Å². The van der Waals surface area contributed by atoms with Gasteiger partial charge in [-0.15, -0.1) is 0 Å². The van der Waals surface area contributed by atoms with E-state index in [0.717, 1.165) is 55.8 Å². The van der Waals surface area contributed by atoms with E-state index >= 15 is 0 Å². The van der Waals surface area contributed by atoms with Crippen molar-refractivity contribution >= 4 is 5.97 Å². The number of carboxylic acids is 1. The fourth-order valence-corrected chi connectivity index (χ4v) is 7.72. The molecule has 0 aromatic carbocycles. The van der Waals surface area contributed by atoms with Gasteiger partial charge in [-0.2, -0.15) is 0 Å². The Labute approximate surface area is 158 Å². The molecule has 7 atom stereocenters. The summed E-state index contributed by atoms with van der Waals surface area (Å²) in [5.74, 6) is 2.50. The molecule has 4 rings (SSSR count). The Bertz CT molecular complexity index is 596. The van der Waals surface area contributed by atoms with Crippen molar-refractivity contribution in [1.82, 2.24) is 0 Å². The van der Waals surface area contributed by atoms with Gasteiger partial charge < -0.3 is 10.2 Å². The summed E-state index contributed by atoms with van der Waals surface area (Å²) in [5, 5.41) is 19.1. The van der Waals surface area contributed by atoms with Crippen molar-refractivity contribution in [2.45, 2.75) is 90.6 Å². The molecular formula is C23H36O3. The highest BCUT2D eigenvalue weighted by Gasteiger charge is 2.58. The SMILES string of the molecule is C[C@]12CC[C@H]3[C@@H](CC=C4C[C@@H](O)CC[C@@]43C)[C@@H]1CC[C@@H]2CCCC(=O)O. The lowest BCUT2D eigenvalue weighted by atomic mass is 9.47. The monoisotopic (exact) mass is 360 g/mol. The minimum absolute atomic E-state index is 0.121. The zero-order valence-corrected chi connectivity index (χ0v) is 16.5. The van der Waals surface area contributed by atoms with Crippen molar-refractivity contribution < 1.29 is 15.0 Å². The number of aliphatic carboxylic acids is 1. The van der Waals surface area contributed by atoms with Gasteiger partial charge in [0.15, 0.2) is 0 Å². The Morgan fingerprint density at radius 3 is 2.73 bits per heavy atom. The Kier molecular flexibility index (Phi) is 4.74. The first kappa shape index (κ1) is 18.5. The van der Waals surface area contributed by atoms with E-state index in [1.54, 1.807) is 5.57 Å². The Morgan fingerprint density at radius 2 is 1.96 bits per heavy atom. The molecule has 0 radical (unpaired) electrons. The summed E-state index contributed by atoms with van der Waals surface area (Å²) in [6, 6.07) is 0. The summed E-state index contributed by atoms with van der Waals surface area (Å²) < 4.78 is 0. The van der Waals surface area contributed by atoms with Crippen LogP contribution in [-0.2, 0) is 4.79 Å². The van der Waals surface area contributed by atoms with Crippen LogP contribution in [0.25, 0.3) is 0 Å². The average Bonchev–Trinajstić information content (AvgIpc) is 2.92. The third-order valence-electron chi connectivity index (χ3n) is 9.22. The first-order valence-corrected chi connectivity index (χ1v) is 10.9. The van der Waals surface area contributed by atoms with Crippen LogP contribution in [0.15, 0.2) is 11.6 Å². The van der Waals surface area contributed by atoms with Gasteiger partial charge >= 0.3 is 5.97 Å². The van der Waals surface area contributed by atoms with Crippen molar-refractivity contribution in [3.05, 3.63) is 11.6 Å². The maximum atomic E-state index is 10.9. The zero-order valence-electron chi connectivity index (χ0n) is 16.5. The Balaban J connectivity index is 1.51. The van der Waals surface area contributed by atoms with Crippen LogP contribution in [0, 0.1) is 34.5 Å². The lowest BCUT2D eigenvalue weighted by Gasteiger charge is -2.58. The number of allylic oxidation sites excluding steroid dienone is 1. The highest BCUT2D eigenvalue weighted by atomic mass is 16.4. The summed E-state index contributed by atoms with van der Waals surface area (Å²) in [6.45, 7) is 5.02. The second kappa shape index (κ2) is 6.65. The van der Waals surface area contributed by atoms with E-state index in [9.17, 15) is 9.90 Å². The second-order valence-corrected chi connectivity index (χ2v) is 10.3. The number of aliphatic hydroxyl groups excluding tert-OH is 1. The minimum Gasteiger partial charge on any atom is -0.481 e. The summed E-state index contributed by atoms with van der Waals surface area (Å²) in [5.41, 5.74) is 2.30. The Morgan fingerprint density at radius 1 is 1.15 bits per heavy atom. The number of hydrogen-bond donors (Lipinski definition) is 2. The third kappa shape index (κ3) is 2.85. The molecular weight excluding hydrogens is 324 g/mol. The maximum Gasteiger partial charge on any atom is 0.303 e. The van der Waals surface area contributed by atoms with Gasteiger partial charge in [0.1, 0.15) is 0 Å². The molecule has 0 unspecified atom stereocenters. The quantitative estimate of drug-likeness (QED) is 0.679. The highest BCUT2D eigenvalue weighted by Crippen LogP contribution is 2.66. The number of fused-ring (bicyclic) bond motifs is 5. The van der Waals surface area contributed by atoms with E-state index in [0.29, 0.717) is 17.3 Å². The van der Waals surface area contributed by atoms with Crippen LogP contribution in [0.2, 0.25) is 0 Å². The maximum absolute atomic E-state index is 10.9.